The van der Waals surface area contributed by atoms with Gasteiger partial charge in [-0.2, -0.15) is 0 Å². The molecule has 0 aliphatic rings. The fourth-order valence-corrected chi connectivity index (χ4v) is 1.15. The van der Waals surface area contributed by atoms with Gasteiger partial charge in [-0.25, -0.2) is 0 Å². The summed E-state index contributed by atoms with van der Waals surface area (Å²) in [5.41, 5.74) is 5.40. The summed E-state index contributed by atoms with van der Waals surface area (Å²) in [4.78, 5) is 11.1. The lowest BCUT2D eigenvalue weighted by Crippen LogP contribution is -2.38. The molecule has 0 aromatic heterocycles. The van der Waals surface area contributed by atoms with Gasteiger partial charge in [0.1, 0.15) is 5.75 Å². The third-order valence-electron chi connectivity index (χ3n) is 2.05. The first kappa shape index (κ1) is 12.5. The third kappa shape index (κ3) is 4.79. The average Bonchev–Trinajstić information content (AvgIpc) is 2.29. The van der Waals surface area contributed by atoms with Gasteiger partial charge in [-0.1, -0.05) is 18.2 Å². The van der Waals surface area contributed by atoms with Gasteiger partial charge >= 0.3 is 0 Å². The van der Waals surface area contributed by atoms with Gasteiger partial charge in [-0.05, 0) is 25.5 Å². The molecule has 0 aliphatic heterocycles. The molecule has 4 heteroatoms. The van der Waals surface area contributed by atoms with Crippen LogP contribution in [-0.4, -0.2) is 25.1 Å². The summed E-state index contributed by atoms with van der Waals surface area (Å²) in [6, 6.07) is 9.15. The minimum Gasteiger partial charge on any atom is -0.494 e. The molecule has 0 spiro atoms. The van der Waals surface area contributed by atoms with Crippen molar-refractivity contribution in [3.8, 4) is 5.75 Å². The Balaban J connectivity index is 2.07. The molecule has 0 radical (unpaired) electrons. The molecule has 88 valence electrons. The van der Waals surface area contributed by atoms with Gasteiger partial charge in [0.15, 0.2) is 0 Å². The van der Waals surface area contributed by atoms with Crippen molar-refractivity contribution in [2.75, 3.05) is 13.2 Å². The number of carbonyl (C=O) groups excluding carboxylic acids is 1. The molecule has 3 N–H and O–H groups in total. The van der Waals surface area contributed by atoms with Crippen molar-refractivity contribution in [1.82, 2.24) is 5.32 Å². The molecular formula is C12H18N2O2. The van der Waals surface area contributed by atoms with E-state index in [4.69, 9.17) is 10.5 Å². The van der Waals surface area contributed by atoms with E-state index in [1.807, 2.05) is 30.3 Å². The smallest absolute Gasteiger partial charge is 0.236 e. The van der Waals surface area contributed by atoms with Crippen molar-refractivity contribution in [1.29, 1.82) is 0 Å². The van der Waals surface area contributed by atoms with E-state index in [-0.39, 0.29) is 5.91 Å². The fraction of sp³-hybridized carbons (Fsp3) is 0.417. The highest BCUT2D eigenvalue weighted by atomic mass is 16.5. The zero-order chi connectivity index (χ0) is 11.8. The van der Waals surface area contributed by atoms with Crippen LogP contribution in [0.4, 0.5) is 0 Å². The first-order valence-corrected chi connectivity index (χ1v) is 5.41. The molecule has 0 saturated heterocycles. The number of carbonyl (C=O) groups is 1. The fourth-order valence-electron chi connectivity index (χ4n) is 1.15. The second kappa shape index (κ2) is 6.85. The molecule has 0 saturated carbocycles. The lowest BCUT2D eigenvalue weighted by atomic mass is 10.3. The average molecular weight is 222 g/mol. The van der Waals surface area contributed by atoms with E-state index in [0.29, 0.717) is 13.2 Å². The van der Waals surface area contributed by atoms with Crippen molar-refractivity contribution in [2.45, 2.75) is 19.4 Å². The molecule has 0 aliphatic carbocycles. The Labute approximate surface area is 95.8 Å². The Morgan fingerprint density at radius 1 is 1.44 bits per heavy atom. The largest absolute Gasteiger partial charge is 0.494 e. The van der Waals surface area contributed by atoms with Crippen LogP contribution in [0.25, 0.3) is 0 Å². The number of nitrogens with two attached hydrogens (primary N) is 1. The highest BCUT2D eigenvalue weighted by molar-refractivity contribution is 5.80. The maximum absolute atomic E-state index is 11.1. The summed E-state index contributed by atoms with van der Waals surface area (Å²) in [6.45, 7) is 2.84. The second-order valence-corrected chi connectivity index (χ2v) is 3.59. The van der Waals surface area contributed by atoms with Crippen molar-refractivity contribution in [2.24, 2.45) is 5.73 Å². The molecule has 1 aromatic rings. The topological polar surface area (TPSA) is 64.4 Å². The summed E-state index contributed by atoms with van der Waals surface area (Å²) in [7, 11) is 0. The number of rotatable bonds is 6. The number of para-hydroxylation sites is 1. The molecule has 1 amide bonds. The van der Waals surface area contributed by atoms with Gasteiger partial charge in [-0.15, -0.1) is 0 Å². The Kier molecular flexibility index (Phi) is 5.36. The highest BCUT2D eigenvalue weighted by Crippen LogP contribution is 2.07. The van der Waals surface area contributed by atoms with Gasteiger partial charge in [0, 0.05) is 6.54 Å². The minimum absolute atomic E-state index is 0.125. The van der Waals surface area contributed by atoms with Crippen molar-refractivity contribution in [3.05, 3.63) is 30.3 Å². The molecule has 0 heterocycles. The van der Waals surface area contributed by atoms with E-state index in [1.165, 1.54) is 0 Å². The van der Waals surface area contributed by atoms with Crippen molar-refractivity contribution >= 4 is 5.91 Å². The van der Waals surface area contributed by atoms with Crippen LogP contribution in [0.3, 0.4) is 0 Å². The van der Waals surface area contributed by atoms with Crippen LogP contribution in [0.2, 0.25) is 0 Å². The van der Waals surface area contributed by atoms with Gasteiger partial charge in [0.2, 0.25) is 5.91 Å². The van der Waals surface area contributed by atoms with Crippen LogP contribution in [0.15, 0.2) is 30.3 Å². The maximum atomic E-state index is 11.1. The molecule has 0 fully saturated rings. The Hall–Kier alpha value is -1.55. The van der Waals surface area contributed by atoms with Crippen LogP contribution in [0.1, 0.15) is 13.3 Å². The predicted molar refractivity (Wildman–Crippen MR) is 63.2 cm³/mol. The lowest BCUT2D eigenvalue weighted by Gasteiger charge is -2.08. The van der Waals surface area contributed by atoms with Crippen molar-refractivity contribution in [3.63, 3.8) is 0 Å². The van der Waals surface area contributed by atoms with Crippen LogP contribution in [0, 0.1) is 0 Å². The zero-order valence-electron chi connectivity index (χ0n) is 9.48. The number of nitrogens with one attached hydrogen (secondary N) is 1. The van der Waals surface area contributed by atoms with Crippen LogP contribution in [0.5, 0.6) is 5.75 Å². The minimum atomic E-state index is -0.449. The van der Waals surface area contributed by atoms with E-state index in [0.717, 1.165) is 12.2 Å². The number of hydrogen-bond donors (Lipinski definition) is 2. The normalized spacial score (nSPS) is 11.9. The van der Waals surface area contributed by atoms with Crippen LogP contribution in [-0.2, 0) is 4.79 Å². The van der Waals surface area contributed by atoms with Crippen LogP contribution < -0.4 is 15.8 Å². The maximum Gasteiger partial charge on any atom is 0.236 e. The van der Waals surface area contributed by atoms with Gasteiger partial charge in [-0.3, -0.25) is 4.79 Å². The molecule has 16 heavy (non-hydrogen) atoms. The molecule has 1 atom stereocenters. The monoisotopic (exact) mass is 222 g/mol. The Morgan fingerprint density at radius 3 is 2.75 bits per heavy atom. The number of hydrogen-bond acceptors (Lipinski definition) is 3. The summed E-state index contributed by atoms with van der Waals surface area (Å²) in [5.74, 6) is 0.723. The molecule has 0 unspecified atom stereocenters. The van der Waals surface area contributed by atoms with Gasteiger partial charge < -0.3 is 15.8 Å². The van der Waals surface area contributed by atoms with E-state index < -0.39 is 6.04 Å². The first-order chi connectivity index (χ1) is 7.70. The molecule has 0 bridgehead atoms. The number of amides is 1. The zero-order valence-corrected chi connectivity index (χ0v) is 9.48. The van der Waals surface area contributed by atoms with E-state index in [2.05, 4.69) is 5.32 Å². The molecule has 4 nitrogen and oxygen atoms in total. The molecular weight excluding hydrogens is 204 g/mol. The number of ether oxygens (including phenoxy) is 1. The SMILES string of the molecule is C[C@@H](N)C(=O)NCCCOc1ccccc1. The number of benzene rings is 1. The van der Waals surface area contributed by atoms with E-state index in [9.17, 15) is 4.79 Å². The van der Waals surface area contributed by atoms with Crippen molar-refractivity contribution < 1.29 is 9.53 Å². The summed E-state index contributed by atoms with van der Waals surface area (Å²) in [5, 5.41) is 2.72. The second-order valence-electron chi connectivity index (χ2n) is 3.59. The van der Waals surface area contributed by atoms with Crippen LogP contribution >= 0.6 is 0 Å². The first-order valence-electron chi connectivity index (χ1n) is 5.41. The summed E-state index contributed by atoms with van der Waals surface area (Å²) < 4.78 is 5.47. The van der Waals surface area contributed by atoms with Gasteiger partial charge in [0.25, 0.3) is 0 Å². The quantitative estimate of drug-likeness (QED) is 0.703. The summed E-state index contributed by atoms with van der Waals surface area (Å²) in [6.07, 6.45) is 0.771. The Bertz CT molecular complexity index is 312. The van der Waals surface area contributed by atoms with E-state index >= 15 is 0 Å². The standard InChI is InChI=1S/C12H18N2O2/c1-10(13)12(15)14-8-5-9-16-11-6-3-2-4-7-11/h2-4,6-7,10H,5,8-9,13H2,1H3,(H,14,15)/t10-/m1/s1. The lowest BCUT2D eigenvalue weighted by molar-refractivity contribution is -0.121. The van der Waals surface area contributed by atoms with Gasteiger partial charge in [0.05, 0.1) is 12.6 Å². The predicted octanol–water partition coefficient (Wildman–Crippen LogP) is 0.919. The Morgan fingerprint density at radius 2 is 2.12 bits per heavy atom. The third-order valence-corrected chi connectivity index (χ3v) is 2.05. The highest BCUT2D eigenvalue weighted by Gasteiger charge is 2.04. The summed E-state index contributed by atoms with van der Waals surface area (Å²) >= 11 is 0. The van der Waals surface area contributed by atoms with E-state index in [1.54, 1.807) is 6.92 Å². The molecule has 1 rings (SSSR count). The molecule has 1 aromatic carbocycles.